The molecule has 0 amide bonds. The van der Waals surface area contributed by atoms with E-state index in [0.29, 0.717) is 0 Å². The number of ether oxygens (including phenoxy) is 1. The quantitative estimate of drug-likeness (QED) is 0.773. The fourth-order valence-electron chi connectivity index (χ4n) is 2.94. The van der Waals surface area contributed by atoms with Crippen molar-refractivity contribution in [2.24, 2.45) is 0 Å². The Morgan fingerprint density at radius 2 is 2.12 bits per heavy atom. The predicted octanol–water partition coefficient (Wildman–Crippen LogP) is 3.13. The number of rotatable bonds is 4. The van der Waals surface area contributed by atoms with Gasteiger partial charge in [-0.05, 0) is 32.2 Å². The SMILES string of the molecule is CC1CCC(C)(C(CC(=O)O)[Si](C)(C)C)O1. The Kier molecular flexibility index (Phi) is 3.85. The predicted molar refractivity (Wildman–Crippen MR) is 67.5 cm³/mol. The standard InChI is InChI=1S/C12H24O3Si/c1-9-6-7-12(2,15-9)10(8-11(13)14)16(3,4)5/h9-10H,6-8H2,1-5H3,(H,13,14). The zero-order valence-electron chi connectivity index (χ0n) is 11.0. The maximum absolute atomic E-state index is 11.0. The van der Waals surface area contributed by atoms with Crippen molar-refractivity contribution in [3.63, 3.8) is 0 Å². The molecule has 3 nitrogen and oxygen atoms in total. The third-order valence-corrected chi connectivity index (χ3v) is 6.58. The monoisotopic (exact) mass is 244 g/mol. The molecule has 1 fully saturated rings. The molecule has 1 saturated heterocycles. The first-order chi connectivity index (χ1) is 7.15. The van der Waals surface area contributed by atoms with Crippen LogP contribution in [0, 0.1) is 0 Å². The maximum atomic E-state index is 11.0. The average molecular weight is 244 g/mol. The minimum atomic E-state index is -1.52. The third kappa shape index (κ3) is 3.07. The summed E-state index contributed by atoms with van der Waals surface area (Å²) in [4.78, 5) is 11.0. The van der Waals surface area contributed by atoms with Crippen molar-refractivity contribution in [1.82, 2.24) is 0 Å². The molecule has 0 saturated carbocycles. The van der Waals surface area contributed by atoms with Crippen LogP contribution in [0.4, 0.5) is 0 Å². The molecule has 1 aliphatic heterocycles. The van der Waals surface area contributed by atoms with E-state index < -0.39 is 14.0 Å². The Balaban J connectivity index is 2.88. The Labute approximate surface area is 99.2 Å². The van der Waals surface area contributed by atoms with Crippen LogP contribution < -0.4 is 0 Å². The summed E-state index contributed by atoms with van der Waals surface area (Å²) in [6.07, 6.45) is 2.57. The lowest BCUT2D eigenvalue weighted by molar-refractivity contribution is -0.138. The Morgan fingerprint density at radius 1 is 1.56 bits per heavy atom. The van der Waals surface area contributed by atoms with Crippen molar-refractivity contribution < 1.29 is 14.6 Å². The molecule has 1 aliphatic rings. The van der Waals surface area contributed by atoms with E-state index >= 15 is 0 Å². The van der Waals surface area contributed by atoms with Crippen LogP contribution in [0.5, 0.6) is 0 Å². The molecule has 94 valence electrons. The van der Waals surface area contributed by atoms with Crippen molar-refractivity contribution in [3.8, 4) is 0 Å². The molecular formula is C12H24O3Si. The molecule has 0 aromatic carbocycles. The summed E-state index contributed by atoms with van der Waals surface area (Å²) in [5.74, 6) is -0.697. The highest BCUT2D eigenvalue weighted by molar-refractivity contribution is 6.78. The van der Waals surface area contributed by atoms with Crippen LogP contribution in [0.25, 0.3) is 0 Å². The van der Waals surface area contributed by atoms with Crippen LogP contribution in [-0.4, -0.2) is 30.9 Å². The van der Waals surface area contributed by atoms with Gasteiger partial charge in [0.05, 0.1) is 19.8 Å². The number of hydrogen-bond donors (Lipinski definition) is 1. The van der Waals surface area contributed by atoms with Gasteiger partial charge in [0.15, 0.2) is 0 Å². The number of hydrogen-bond acceptors (Lipinski definition) is 2. The van der Waals surface area contributed by atoms with Gasteiger partial charge in [-0.3, -0.25) is 4.79 Å². The van der Waals surface area contributed by atoms with Gasteiger partial charge in [-0.15, -0.1) is 0 Å². The topological polar surface area (TPSA) is 46.5 Å². The molecule has 3 unspecified atom stereocenters. The highest BCUT2D eigenvalue weighted by atomic mass is 28.3. The van der Waals surface area contributed by atoms with E-state index in [-0.39, 0.29) is 23.7 Å². The van der Waals surface area contributed by atoms with Crippen LogP contribution in [0.15, 0.2) is 0 Å². The fraction of sp³-hybridized carbons (Fsp3) is 0.917. The van der Waals surface area contributed by atoms with Crippen molar-refractivity contribution in [2.75, 3.05) is 0 Å². The summed E-state index contributed by atoms with van der Waals surface area (Å²) >= 11 is 0. The van der Waals surface area contributed by atoms with E-state index in [4.69, 9.17) is 9.84 Å². The Hall–Kier alpha value is -0.353. The van der Waals surface area contributed by atoms with Gasteiger partial charge in [0, 0.05) is 6.42 Å². The number of carboxylic acids is 1. The zero-order chi connectivity index (χ0) is 12.6. The summed E-state index contributed by atoms with van der Waals surface area (Å²) in [7, 11) is -1.52. The Bertz CT molecular complexity index is 272. The molecule has 1 N–H and O–H groups in total. The molecule has 0 aromatic rings. The lowest BCUT2D eigenvalue weighted by Crippen LogP contribution is -2.45. The molecule has 16 heavy (non-hydrogen) atoms. The second-order valence-corrected chi connectivity index (χ2v) is 11.7. The second-order valence-electron chi connectivity index (χ2n) is 6.30. The second kappa shape index (κ2) is 4.49. The highest BCUT2D eigenvalue weighted by Gasteiger charge is 2.47. The fourth-order valence-corrected chi connectivity index (χ4v) is 5.77. The van der Waals surface area contributed by atoms with Crippen molar-refractivity contribution in [3.05, 3.63) is 0 Å². The largest absolute Gasteiger partial charge is 0.481 e. The third-order valence-electron chi connectivity index (χ3n) is 3.68. The lowest BCUT2D eigenvalue weighted by atomic mass is 9.95. The zero-order valence-corrected chi connectivity index (χ0v) is 12.0. The lowest BCUT2D eigenvalue weighted by Gasteiger charge is -2.40. The summed E-state index contributed by atoms with van der Waals surface area (Å²) < 4.78 is 6.01. The average Bonchev–Trinajstić information content (AvgIpc) is 2.41. The van der Waals surface area contributed by atoms with E-state index in [0.717, 1.165) is 12.8 Å². The van der Waals surface area contributed by atoms with Crippen LogP contribution in [0.2, 0.25) is 25.2 Å². The molecule has 0 radical (unpaired) electrons. The van der Waals surface area contributed by atoms with Gasteiger partial charge >= 0.3 is 5.97 Å². The van der Waals surface area contributed by atoms with Crippen LogP contribution in [0.3, 0.4) is 0 Å². The van der Waals surface area contributed by atoms with Gasteiger partial charge in [-0.1, -0.05) is 19.6 Å². The number of carboxylic acid groups (broad SMARTS) is 1. The molecule has 4 heteroatoms. The number of aliphatic carboxylic acids is 1. The molecule has 1 rings (SSSR count). The van der Waals surface area contributed by atoms with E-state index in [9.17, 15) is 4.79 Å². The van der Waals surface area contributed by atoms with Gasteiger partial charge in [-0.2, -0.15) is 0 Å². The van der Waals surface area contributed by atoms with Crippen LogP contribution in [-0.2, 0) is 9.53 Å². The smallest absolute Gasteiger partial charge is 0.303 e. The highest BCUT2D eigenvalue weighted by Crippen LogP contribution is 2.46. The minimum Gasteiger partial charge on any atom is -0.481 e. The molecule has 0 aliphatic carbocycles. The molecule has 3 atom stereocenters. The van der Waals surface area contributed by atoms with Crippen molar-refractivity contribution in [2.45, 2.75) is 70.0 Å². The van der Waals surface area contributed by atoms with E-state index in [1.807, 2.05) is 0 Å². The van der Waals surface area contributed by atoms with E-state index in [2.05, 4.69) is 33.5 Å². The first kappa shape index (κ1) is 13.7. The van der Waals surface area contributed by atoms with Crippen molar-refractivity contribution >= 4 is 14.0 Å². The van der Waals surface area contributed by atoms with Crippen molar-refractivity contribution in [1.29, 1.82) is 0 Å². The molecule has 0 spiro atoms. The summed E-state index contributed by atoms with van der Waals surface area (Å²) in [6.45, 7) is 10.9. The first-order valence-corrected chi connectivity index (χ1v) is 9.62. The molecular weight excluding hydrogens is 220 g/mol. The molecule has 0 aromatic heterocycles. The van der Waals surface area contributed by atoms with Gasteiger partial charge in [0.25, 0.3) is 0 Å². The molecule has 1 heterocycles. The van der Waals surface area contributed by atoms with E-state index in [1.54, 1.807) is 0 Å². The van der Waals surface area contributed by atoms with Gasteiger partial charge < -0.3 is 9.84 Å². The van der Waals surface area contributed by atoms with Crippen LogP contribution >= 0.6 is 0 Å². The Morgan fingerprint density at radius 3 is 2.44 bits per heavy atom. The molecule has 0 bridgehead atoms. The summed E-state index contributed by atoms with van der Waals surface area (Å²) in [5, 5.41) is 9.05. The summed E-state index contributed by atoms with van der Waals surface area (Å²) in [5.41, 5.74) is -0.0232. The first-order valence-electron chi connectivity index (χ1n) is 6.05. The van der Waals surface area contributed by atoms with Gasteiger partial charge in [-0.25, -0.2) is 0 Å². The van der Waals surface area contributed by atoms with E-state index in [1.165, 1.54) is 0 Å². The normalized spacial score (nSPS) is 32.7. The summed E-state index contributed by atoms with van der Waals surface area (Å²) in [6, 6.07) is 0. The number of carbonyl (C=O) groups is 1. The minimum absolute atomic E-state index is 0.197. The van der Waals surface area contributed by atoms with Gasteiger partial charge in [0.1, 0.15) is 0 Å². The van der Waals surface area contributed by atoms with Crippen LogP contribution in [0.1, 0.15) is 33.1 Å². The van der Waals surface area contributed by atoms with Gasteiger partial charge in [0.2, 0.25) is 0 Å². The maximum Gasteiger partial charge on any atom is 0.303 e.